The highest BCUT2D eigenvalue weighted by molar-refractivity contribution is 7.89. The molecule has 2 aliphatic rings. The minimum Gasteiger partial charge on any atom is -0.391 e. The van der Waals surface area contributed by atoms with Crippen LogP contribution in [0.1, 0.15) is 30.0 Å². The monoisotopic (exact) mass is 297 g/mol. The van der Waals surface area contributed by atoms with Crippen LogP contribution in [0.2, 0.25) is 0 Å². The van der Waals surface area contributed by atoms with Gasteiger partial charge in [-0.15, -0.1) is 0 Å². The first-order valence-electron chi connectivity index (χ1n) is 6.93. The highest BCUT2D eigenvalue weighted by Gasteiger charge is 2.34. The van der Waals surface area contributed by atoms with Gasteiger partial charge in [0.1, 0.15) is 0 Å². The van der Waals surface area contributed by atoms with Crippen molar-refractivity contribution in [1.82, 2.24) is 4.72 Å². The van der Waals surface area contributed by atoms with E-state index in [0.717, 1.165) is 24.0 Å². The van der Waals surface area contributed by atoms with E-state index in [1.54, 1.807) is 0 Å². The molecule has 0 aromatic heterocycles. The Balaban J connectivity index is 1.73. The molecule has 0 radical (unpaired) electrons. The summed E-state index contributed by atoms with van der Waals surface area (Å²) in [6.45, 7) is 0.634. The van der Waals surface area contributed by atoms with Crippen molar-refractivity contribution < 1.29 is 18.3 Å². The van der Waals surface area contributed by atoms with Gasteiger partial charge in [0, 0.05) is 13.0 Å². The Morgan fingerprint density at radius 2 is 2.15 bits per heavy atom. The second-order valence-corrected chi connectivity index (χ2v) is 7.28. The average molecular weight is 297 g/mol. The van der Waals surface area contributed by atoms with Gasteiger partial charge in [0.05, 0.1) is 24.0 Å². The lowest BCUT2D eigenvalue weighted by molar-refractivity contribution is 0.126. The van der Waals surface area contributed by atoms with Gasteiger partial charge in [-0.3, -0.25) is 0 Å². The van der Waals surface area contributed by atoms with Crippen molar-refractivity contribution in [3.63, 3.8) is 0 Å². The summed E-state index contributed by atoms with van der Waals surface area (Å²) in [7, 11) is -3.46. The van der Waals surface area contributed by atoms with Crippen LogP contribution in [0.15, 0.2) is 24.3 Å². The fourth-order valence-corrected chi connectivity index (χ4v) is 4.50. The van der Waals surface area contributed by atoms with Gasteiger partial charge in [-0.2, -0.15) is 0 Å². The van der Waals surface area contributed by atoms with Gasteiger partial charge in [-0.1, -0.05) is 24.3 Å². The molecule has 3 atom stereocenters. The fraction of sp³-hybridized carbons (Fsp3) is 0.571. The molecule has 0 bridgehead atoms. The maximum absolute atomic E-state index is 12.2. The van der Waals surface area contributed by atoms with E-state index in [1.807, 2.05) is 24.3 Å². The van der Waals surface area contributed by atoms with Crippen molar-refractivity contribution in [1.29, 1.82) is 0 Å². The summed E-state index contributed by atoms with van der Waals surface area (Å²) < 4.78 is 32.4. The third-order valence-corrected chi connectivity index (χ3v) is 5.36. The molecular weight excluding hydrogens is 278 g/mol. The third kappa shape index (κ3) is 2.88. The van der Waals surface area contributed by atoms with Crippen LogP contribution in [-0.2, 0) is 21.2 Å². The summed E-state index contributed by atoms with van der Waals surface area (Å²) in [4.78, 5) is 0. The molecule has 1 heterocycles. The van der Waals surface area contributed by atoms with E-state index < -0.39 is 22.2 Å². The molecule has 1 aromatic rings. The van der Waals surface area contributed by atoms with Crippen LogP contribution in [0.25, 0.3) is 0 Å². The number of aliphatic hydroxyl groups excluding tert-OH is 1. The average Bonchev–Trinajstić information content (AvgIpc) is 2.98. The van der Waals surface area contributed by atoms with Crippen LogP contribution < -0.4 is 4.72 Å². The van der Waals surface area contributed by atoms with Crippen molar-refractivity contribution in [3.8, 4) is 0 Å². The van der Waals surface area contributed by atoms with Crippen LogP contribution in [0.3, 0.4) is 0 Å². The molecular formula is C14H19NO4S. The molecule has 1 aromatic carbocycles. The number of hydrogen-bond donors (Lipinski definition) is 2. The van der Waals surface area contributed by atoms with Gasteiger partial charge in [0.2, 0.25) is 10.0 Å². The Kier molecular flexibility index (Phi) is 3.81. The van der Waals surface area contributed by atoms with Gasteiger partial charge < -0.3 is 9.84 Å². The van der Waals surface area contributed by atoms with Gasteiger partial charge in [0.25, 0.3) is 0 Å². The van der Waals surface area contributed by atoms with Gasteiger partial charge in [-0.25, -0.2) is 13.1 Å². The van der Waals surface area contributed by atoms with Crippen molar-refractivity contribution in [3.05, 3.63) is 35.4 Å². The van der Waals surface area contributed by atoms with E-state index in [0.29, 0.717) is 13.0 Å². The Bertz CT molecular complexity index is 581. The predicted molar refractivity (Wildman–Crippen MR) is 74.8 cm³/mol. The van der Waals surface area contributed by atoms with Gasteiger partial charge >= 0.3 is 0 Å². The summed E-state index contributed by atoms with van der Waals surface area (Å²) >= 11 is 0. The molecule has 0 saturated carbocycles. The lowest BCUT2D eigenvalue weighted by Gasteiger charge is -2.19. The smallest absolute Gasteiger partial charge is 0.214 e. The van der Waals surface area contributed by atoms with Gasteiger partial charge in [0.15, 0.2) is 0 Å². The minimum absolute atomic E-state index is 0.0294. The Morgan fingerprint density at radius 3 is 2.90 bits per heavy atom. The van der Waals surface area contributed by atoms with Crippen LogP contribution in [-0.4, -0.2) is 38.1 Å². The second-order valence-electron chi connectivity index (χ2n) is 5.48. The SMILES string of the molecule is O=S(=O)(CC1CCCO1)N[C@@H]1c2ccccc2C[C@@H]1O. The minimum atomic E-state index is -3.46. The number of rotatable bonds is 4. The first-order valence-corrected chi connectivity index (χ1v) is 8.58. The van der Waals surface area contributed by atoms with Crippen molar-refractivity contribution >= 4 is 10.0 Å². The Morgan fingerprint density at radius 1 is 1.35 bits per heavy atom. The predicted octanol–water partition coefficient (Wildman–Crippen LogP) is 0.743. The van der Waals surface area contributed by atoms with E-state index in [2.05, 4.69) is 4.72 Å². The first kappa shape index (κ1) is 14.0. The molecule has 20 heavy (non-hydrogen) atoms. The number of sulfonamides is 1. The molecule has 1 fully saturated rings. The summed E-state index contributed by atoms with van der Waals surface area (Å²) in [5.41, 5.74) is 1.88. The van der Waals surface area contributed by atoms with E-state index in [-0.39, 0.29) is 11.9 Å². The molecule has 110 valence electrons. The number of hydrogen-bond acceptors (Lipinski definition) is 4. The van der Waals surface area contributed by atoms with Crippen molar-refractivity contribution in [2.24, 2.45) is 0 Å². The number of benzene rings is 1. The first-order chi connectivity index (χ1) is 9.55. The molecule has 6 heteroatoms. The summed E-state index contributed by atoms with van der Waals surface area (Å²) in [5, 5.41) is 10.1. The van der Waals surface area contributed by atoms with Crippen molar-refractivity contribution in [2.75, 3.05) is 12.4 Å². The molecule has 0 spiro atoms. The number of aliphatic hydroxyl groups is 1. The maximum Gasteiger partial charge on any atom is 0.214 e. The molecule has 1 aliphatic carbocycles. The van der Waals surface area contributed by atoms with E-state index in [4.69, 9.17) is 4.74 Å². The molecule has 1 aliphatic heterocycles. The number of ether oxygens (including phenoxy) is 1. The highest BCUT2D eigenvalue weighted by Crippen LogP contribution is 2.32. The zero-order valence-electron chi connectivity index (χ0n) is 11.2. The molecule has 2 N–H and O–H groups in total. The lowest BCUT2D eigenvalue weighted by atomic mass is 10.1. The summed E-state index contributed by atoms with van der Waals surface area (Å²) in [6.07, 6.45) is 1.26. The van der Waals surface area contributed by atoms with E-state index in [1.165, 1.54) is 0 Å². The van der Waals surface area contributed by atoms with E-state index in [9.17, 15) is 13.5 Å². The summed E-state index contributed by atoms with van der Waals surface area (Å²) in [6, 6.07) is 7.00. The van der Waals surface area contributed by atoms with Gasteiger partial charge in [-0.05, 0) is 24.0 Å². The molecule has 3 rings (SSSR count). The van der Waals surface area contributed by atoms with Crippen LogP contribution in [0.5, 0.6) is 0 Å². The maximum atomic E-state index is 12.2. The zero-order chi connectivity index (χ0) is 14.2. The van der Waals surface area contributed by atoms with Crippen LogP contribution >= 0.6 is 0 Å². The van der Waals surface area contributed by atoms with Crippen LogP contribution in [0, 0.1) is 0 Å². The topological polar surface area (TPSA) is 75.6 Å². The largest absolute Gasteiger partial charge is 0.391 e. The third-order valence-electron chi connectivity index (χ3n) is 3.94. The molecule has 1 unspecified atom stereocenters. The molecule has 0 amide bonds. The van der Waals surface area contributed by atoms with Crippen molar-refractivity contribution in [2.45, 2.75) is 37.5 Å². The standard InChI is InChI=1S/C14H19NO4S/c16-13-8-10-4-1-2-6-12(10)14(13)15-20(17,18)9-11-5-3-7-19-11/h1-2,4,6,11,13-16H,3,5,7-9H2/t11?,13-,14+/m0/s1. The normalized spacial score (nSPS) is 29.6. The fourth-order valence-electron chi connectivity index (χ4n) is 2.98. The van der Waals surface area contributed by atoms with E-state index >= 15 is 0 Å². The number of fused-ring (bicyclic) bond motifs is 1. The Labute approximate surface area is 119 Å². The lowest BCUT2D eigenvalue weighted by Crippen LogP contribution is -2.38. The molecule has 1 saturated heterocycles. The van der Waals surface area contributed by atoms with Crippen LogP contribution in [0.4, 0.5) is 0 Å². The second kappa shape index (κ2) is 5.44. The molecule has 5 nitrogen and oxygen atoms in total. The summed E-state index contributed by atoms with van der Waals surface area (Å²) in [5.74, 6) is -0.0294. The zero-order valence-corrected chi connectivity index (χ0v) is 12.0. The highest BCUT2D eigenvalue weighted by atomic mass is 32.2. The number of nitrogens with one attached hydrogen (secondary N) is 1. The quantitative estimate of drug-likeness (QED) is 0.859. The Hall–Kier alpha value is -0.950.